The summed E-state index contributed by atoms with van der Waals surface area (Å²) in [5, 5.41) is 4.75. The number of benzene rings is 3. The van der Waals surface area contributed by atoms with E-state index in [-0.39, 0.29) is 16.7 Å². The lowest BCUT2D eigenvalue weighted by Crippen LogP contribution is -2.50. The quantitative estimate of drug-likeness (QED) is 0.434. The Morgan fingerprint density at radius 3 is 2.30 bits per heavy atom. The zero-order chi connectivity index (χ0) is 22.8. The van der Waals surface area contributed by atoms with Gasteiger partial charge in [0.1, 0.15) is 10.3 Å². The molecule has 0 saturated carbocycles. The van der Waals surface area contributed by atoms with E-state index in [1.165, 1.54) is 4.31 Å². The molecule has 4 aromatic rings. The lowest BCUT2D eigenvalue weighted by Gasteiger charge is -2.34. The first-order valence-electron chi connectivity index (χ1n) is 10.6. The van der Waals surface area contributed by atoms with E-state index in [9.17, 15) is 13.2 Å². The summed E-state index contributed by atoms with van der Waals surface area (Å²) >= 11 is 1.16. The average Bonchev–Trinajstić information content (AvgIpc) is 3.40. The Morgan fingerprint density at radius 1 is 0.848 bits per heavy atom. The Labute approximate surface area is 197 Å². The fourth-order valence-electron chi connectivity index (χ4n) is 4.18. The maximum absolute atomic E-state index is 13.6. The van der Waals surface area contributed by atoms with Gasteiger partial charge in [-0.2, -0.15) is 4.31 Å². The van der Waals surface area contributed by atoms with Gasteiger partial charge in [-0.3, -0.25) is 4.79 Å². The van der Waals surface area contributed by atoms with E-state index in [1.54, 1.807) is 17.5 Å². The van der Waals surface area contributed by atoms with Crippen LogP contribution in [0.2, 0.25) is 0 Å². The Balaban J connectivity index is 1.51. The third kappa shape index (κ3) is 4.23. The van der Waals surface area contributed by atoms with Crippen molar-refractivity contribution in [2.45, 2.75) is 23.2 Å². The van der Waals surface area contributed by atoms with Gasteiger partial charge in [-0.05, 0) is 40.6 Å². The molecule has 0 unspecified atom stereocenters. The number of carbonyl (C=O) groups is 1. The van der Waals surface area contributed by atoms with Crippen LogP contribution in [0.4, 0.5) is 5.69 Å². The zero-order valence-electron chi connectivity index (χ0n) is 17.7. The lowest BCUT2D eigenvalue weighted by molar-refractivity contribution is -0.120. The minimum absolute atomic E-state index is 0.162. The molecule has 1 atom stereocenters. The van der Waals surface area contributed by atoms with Crippen LogP contribution >= 0.6 is 11.3 Å². The van der Waals surface area contributed by atoms with Gasteiger partial charge in [-0.15, -0.1) is 11.3 Å². The van der Waals surface area contributed by atoms with Crippen LogP contribution in [-0.2, 0) is 27.8 Å². The minimum Gasteiger partial charge on any atom is -0.324 e. The summed E-state index contributed by atoms with van der Waals surface area (Å²) < 4.78 is 28.5. The number of carbonyl (C=O) groups excluding carboxylic acids is 1. The second kappa shape index (κ2) is 8.94. The molecule has 1 aliphatic rings. The second-order valence-electron chi connectivity index (χ2n) is 7.87. The van der Waals surface area contributed by atoms with Gasteiger partial charge in [0.15, 0.2) is 0 Å². The maximum atomic E-state index is 13.6. The standard InChI is InChI=1S/C26H22N2O3S2/c29-26(27-23-14-7-6-13-22(23)19-9-2-1-3-10-19)24-17-20-11-4-5-12-21(20)18-28(24)33(30,31)25-15-8-16-32-25/h1-16,24H,17-18H2,(H,27,29)/t24-/m0/s1. The van der Waals surface area contributed by atoms with E-state index < -0.39 is 16.1 Å². The Bertz CT molecular complexity index is 1380. The molecule has 0 bridgehead atoms. The number of thiophene rings is 1. The highest BCUT2D eigenvalue weighted by atomic mass is 32.2. The van der Waals surface area contributed by atoms with E-state index in [0.29, 0.717) is 12.1 Å². The Morgan fingerprint density at radius 2 is 1.55 bits per heavy atom. The molecule has 5 nitrogen and oxygen atoms in total. The number of hydrogen-bond acceptors (Lipinski definition) is 4. The van der Waals surface area contributed by atoms with Crippen molar-refractivity contribution >= 4 is 33.0 Å². The van der Waals surface area contributed by atoms with Gasteiger partial charge in [0, 0.05) is 17.8 Å². The van der Waals surface area contributed by atoms with Crippen LogP contribution in [0.15, 0.2) is 101 Å². The molecule has 0 aliphatic carbocycles. The second-order valence-corrected chi connectivity index (χ2v) is 10.9. The van der Waals surface area contributed by atoms with Crippen molar-refractivity contribution in [1.29, 1.82) is 0 Å². The van der Waals surface area contributed by atoms with E-state index >= 15 is 0 Å². The van der Waals surface area contributed by atoms with Crippen LogP contribution in [-0.4, -0.2) is 24.7 Å². The third-order valence-electron chi connectivity index (χ3n) is 5.84. The van der Waals surface area contributed by atoms with Gasteiger partial charge in [0.25, 0.3) is 10.0 Å². The lowest BCUT2D eigenvalue weighted by atomic mass is 9.95. The number of para-hydroxylation sites is 1. The molecule has 0 fully saturated rings. The van der Waals surface area contributed by atoms with Crippen LogP contribution in [0.3, 0.4) is 0 Å². The summed E-state index contributed by atoms with van der Waals surface area (Å²) in [7, 11) is -3.82. The highest BCUT2D eigenvalue weighted by Gasteiger charge is 2.40. The molecule has 7 heteroatoms. The summed E-state index contributed by atoms with van der Waals surface area (Å²) in [6, 6.07) is 27.5. The number of amides is 1. The fraction of sp³-hybridized carbons (Fsp3) is 0.115. The topological polar surface area (TPSA) is 66.5 Å². The van der Waals surface area contributed by atoms with Crippen LogP contribution in [0.25, 0.3) is 11.1 Å². The van der Waals surface area contributed by atoms with Gasteiger partial charge in [-0.1, -0.05) is 78.9 Å². The van der Waals surface area contributed by atoms with E-state index in [4.69, 9.17) is 0 Å². The molecule has 3 aromatic carbocycles. The first kappa shape index (κ1) is 21.6. The van der Waals surface area contributed by atoms with Crippen LogP contribution in [0, 0.1) is 0 Å². The molecule has 2 heterocycles. The van der Waals surface area contributed by atoms with Crippen molar-refractivity contribution in [3.63, 3.8) is 0 Å². The summed E-state index contributed by atoms with van der Waals surface area (Å²) in [4.78, 5) is 13.6. The molecule has 1 amide bonds. The molecule has 1 aliphatic heterocycles. The number of rotatable bonds is 5. The SMILES string of the molecule is O=C(Nc1ccccc1-c1ccccc1)[C@@H]1Cc2ccccc2CN1S(=O)(=O)c1cccs1. The van der Waals surface area contributed by atoms with Crippen molar-refractivity contribution < 1.29 is 13.2 Å². The first-order valence-corrected chi connectivity index (χ1v) is 12.9. The third-order valence-corrected chi connectivity index (χ3v) is 9.06. The summed E-state index contributed by atoms with van der Waals surface area (Å²) in [5.41, 5.74) is 4.43. The molecule has 1 N–H and O–H groups in total. The van der Waals surface area contributed by atoms with Crippen molar-refractivity contribution in [3.05, 3.63) is 108 Å². The van der Waals surface area contributed by atoms with Gasteiger partial charge in [0.2, 0.25) is 5.91 Å². The number of hydrogen-bond donors (Lipinski definition) is 1. The Hall–Kier alpha value is -3.26. The largest absolute Gasteiger partial charge is 0.324 e. The number of sulfonamides is 1. The predicted octanol–water partition coefficient (Wildman–Crippen LogP) is 5.17. The Kier molecular flexibility index (Phi) is 5.85. The maximum Gasteiger partial charge on any atom is 0.253 e. The number of nitrogens with one attached hydrogen (secondary N) is 1. The van der Waals surface area contributed by atoms with Crippen molar-refractivity contribution in [2.24, 2.45) is 0 Å². The summed E-state index contributed by atoms with van der Waals surface area (Å²) in [5.74, 6) is -0.340. The highest BCUT2D eigenvalue weighted by Crippen LogP contribution is 2.33. The first-order chi connectivity index (χ1) is 16.0. The van der Waals surface area contributed by atoms with Gasteiger partial charge < -0.3 is 5.32 Å². The molecule has 33 heavy (non-hydrogen) atoms. The van der Waals surface area contributed by atoms with Gasteiger partial charge >= 0.3 is 0 Å². The van der Waals surface area contributed by atoms with Crippen LogP contribution in [0.5, 0.6) is 0 Å². The molecular formula is C26H22N2O3S2. The summed E-state index contributed by atoms with van der Waals surface area (Å²) in [6.45, 7) is 0.162. The zero-order valence-corrected chi connectivity index (χ0v) is 19.4. The van der Waals surface area contributed by atoms with E-state index in [1.807, 2.05) is 78.9 Å². The smallest absolute Gasteiger partial charge is 0.253 e. The number of fused-ring (bicyclic) bond motifs is 1. The van der Waals surface area contributed by atoms with E-state index in [2.05, 4.69) is 5.32 Å². The number of nitrogens with zero attached hydrogens (tertiary/aromatic N) is 1. The average molecular weight is 475 g/mol. The molecular weight excluding hydrogens is 452 g/mol. The van der Waals surface area contributed by atoms with Crippen molar-refractivity contribution in [3.8, 4) is 11.1 Å². The number of anilines is 1. The minimum atomic E-state index is -3.82. The molecule has 0 saturated heterocycles. The molecule has 1 aromatic heterocycles. The van der Waals surface area contributed by atoms with Crippen LogP contribution < -0.4 is 5.32 Å². The van der Waals surface area contributed by atoms with Gasteiger partial charge in [-0.25, -0.2) is 8.42 Å². The monoisotopic (exact) mass is 474 g/mol. The predicted molar refractivity (Wildman–Crippen MR) is 131 cm³/mol. The molecule has 0 radical (unpaired) electrons. The highest BCUT2D eigenvalue weighted by molar-refractivity contribution is 7.91. The fourth-order valence-corrected chi connectivity index (χ4v) is 6.86. The van der Waals surface area contributed by atoms with Crippen LogP contribution in [0.1, 0.15) is 11.1 Å². The van der Waals surface area contributed by atoms with Crippen molar-refractivity contribution in [2.75, 3.05) is 5.32 Å². The van der Waals surface area contributed by atoms with Gasteiger partial charge in [0.05, 0.1) is 0 Å². The van der Waals surface area contributed by atoms with E-state index in [0.717, 1.165) is 33.6 Å². The molecule has 166 valence electrons. The van der Waals surface area contributed by atoms with Crippen molar-refractivity contribution in [1.82, 2.24) is 4.31 Å². The molecule has 5 rings (SSSR count). The molecule has 0 spiro atoms. The normalized spacial score (nSPS) is 16.2. The summed E-state index contributed by atoms with van der Waals surface area (Å²) in [6.07, 6.45) is 0.320.